The number of urea groups is 1. The number of fused-ring (bicyclic) bond motifs is 1. The summed E-state index contributed by atoms with van der Waals surface area (Å²) < 4.78 is 0. The Morgan fingerprint density at radius 1 is 1.04 bits per heavy atom. The van der Waals surface area contributed by atoms with E-state index in [1.165, 1.54) is 0 Å². The third kappa shape index (κ3) is 4.50. The molecular weight excluding hydrogens is 314 g/mol. The summed E-state index contributed by atoms with van der Waals surface area (Å²) in [5.41, 5.74) is 0.872. The van der Waals surface area contributed by atoms with Crippen LogP contribution in [0.4, 0.5) is 10.5 Å². The maximum absolute atomic E-state index is 12.2. The Kier molecular flexibility index (Phi) is 5.53. The number of amides is 3. The Morgan fingerprint density at radius 3 is 2.64 bits per heavy atom. The molecule has 1 fully saturated rings. The number of carbonyl (C=O) groups excluding carboxylic acids is 2. The van der Waals surface area contributed by atoms with Crippen LogP contribution in [0.15, 0.2) is 42.5 Å². The van der Waals surface area contributed by atoms with Gasteiger partial charge in [0.2, 0.25) is 5.91 Å². The molecule has 3 N–H and O–H groups in total. The van der Waals surface area contributed by atoms with Crippen LogP contribution in [0.1, 0.15) is 39.0 Å². The highest BCUT2D eigenvalue weighted by molar-refractivity contribution is 6.02. The topological polar surface area (TPSA) is 70.2 Å². The summed E-state index contributed by atoms with van der Waals surface area (Å²) >= 11 is 0. The fraction of sp³-hybridized carbons (Fsp3) is 0.400. The predicted molar refractivity (Wildman–Crippen MR) is 101 cm³/mol. The minimum atomic E-state index is -0.0769. The van der Waals surface area contributed by atoms with Gasteiger partial charge < -0.3 is 16.0 Å². The van der Waals surface area contributed by atoms with Gasteiger partial charge in [-0.2, -0.15) is 0 Å². The highest BCUT2D eigenvalue weighted by atomic mass is 16.2. The van der Waals surface area contributed by atoms with Crippen molar-refractivity contribution in [1.82, 2.24) is 10.6 Å². The lowest BCUT2D eigenvalue weighted by Gasteiger charge is -2.13. The molecule has 1 aliphatic rings. The van der Waals surface area contributed by atoms with Crippen LogP contribution in [0.25, 0.3) is 10.8 Å². The second-order valence-corrected chi connectivity index (χ2v) is 6.69. The summed E-state index contributed by atoms with van der Waals surface area (Å²) in [4.78, 5) is 23.4. The van der Waals surface area contributed by atoms with E-state index in [0.29, 0.717) is 6.42 Å². The summed E-state index contributed by atoms with van der Waals surface area (Å²) in [6, 6.07) is 14.3. The van der Waals surface area contributed by atoms with E-state index in [1.807, 2.05) is 49.4 Å². The molecule has 0 unspecified atom stereocenters. The van der Waals surface area contributed by atoms with Gasteiger partial charge in [0.05, 0.1) is 6.04 Å². The molecule has 0 saturated carbocycles. The number of unbranched alkanes of at least 4 members (excludes halogenated alkanes) is 2. The molecule has 1 heterocycles. The molecule has 0 bridgehead atoms. The van der Waals surface area contributed by atoms with Gasteiger partial charge in [0, 0.05) is 23.5 Å². The minimum Gasteiger partial charge on any atom is -0.334 e. The van der Waals surface area contributed by atoms with Gasteiger partial charge in [0.25, 0.3) is 0 Å². The largest absolute Gasteiger partial charge is 0.334 e. The van der Waals surface area contributed by atoms with E-state index in [-0.39, 0.29) is 24.0 Å². The van der Waals surface area contributed by atoms with Crippen molar-refractivity contribution >= 4 is 28.4 Å². The average molecular weight is 339 g/mol. The molecule has 132 valence electrons. The predicted octanol–water partition coefficient (Wildman–Crippen LogP) is 3.80. The first-order valence-corrected chi connectivity index (χ1v) is 8.98. The standard InChI is InChI=1S/C20H25N3O2/c1-14-17(23-20(25)21-14)11-3-2-4-13-19(24)22-18-12-7-9-15-8-5-6-10-16(15)18/h5-10,12,14,17H,2-4,11,13H2,1H3,(H,22,24)(H2,21,23,25)/t14-,17+/m0/s1. The molecule has 5 nitrogen and oxygen atoms in total. The van der Waals surface area contributed by atoms with E-state index in [2.05, 4.69) is 16.0 Å². The highest BCUT2D eigenvalue weighted by Gasteiger charge is 2.26. The highest BCUT2D eigenvalue weighted by Crippen LogP contribution is 2.23. The number of hydrogen-bond donors (Lipinski definition) is 3. The van der Waals surface area contributed by atoms with E-state index in [9.17, 15) is 9.59 Å². The smallest absolute Gasteiger partial charge is 0.315 e. The molecule has 0 aromatic heterocycles. The van der Waals surface area contributed by atoms with Crippen LogP contribution in [0, 0.1) is 0 Å². The van der Waals surface area contributed by atoms with Crippen LogP contribution in [-0.4, -0.2) is 24.0 Å². The van der Waals surface area contributed by atoms with Gasteiger partial charge in [-0.25, -0.2) is 4.79 Å². The number of carbonyl (C=O) groups is 2. The molecule has 0 spiro atoms. The average Bonchev–Trinajstić information content (AvgIpc) is 2.92. The summed E-state index contributed by atoms with van der Waals surface area (Å²) in [7, 11) is 0. The van der Waals surface area contributed by atoms with Gasteiger partial charge in [0.15, 0.2) is 0 Å². The van der Waals surface area contributed by atoms with Crippen molar-refractivity contribution in [2.45, 2.75) is 51.1 Å². The minimum absolute atomic E-state index is 0.0561. The molecule has 3 amide bonds. The lowest BCUT2D eigenvalue weighted by molar-refractivity contribution is -0.116. The molecular formula is C20H25N3O2. The monoisotopic (exact) mass is 339 g/mol. The van der Waals surface area contributed by atoms with Crippen LogP contribution >= 0.6 is 0 Å². The fourth-order valence-electron chi connectivity index (χ4n) is 3.34. The van der Waals surface area contributed by atoms with Crippen molar-refractivity contribution in [3.05, 3.63) is 42.5 Å². The van der Waals surface area contributed by atoms with Crippen molar-refractivity contribution in [1.29, 1.82) is 0 Å². The lowest BCUT2D eigenvalue weighted by Crippen LogP contribution is -2.30. The van der Waals surface area contributed by atoms with Crippen LogP contribution < -0.4 is 16.0 Å². The third-order valence-electron chi connectivity index (χ3n) is 4.76. The quantitative estimate of drug-likeness (QED) is 0.672. The molecule has 0 aliphatic carbocycles. The van der Waals surface area contributed by atoms with Crippen LogP contribution in [-0.2, 0) is 4.79 Å². The zero-order valence-electron chi connectivity index (χ0n) is 14.5. The Balaban J connectivity index is 1.40. The van der Waals surface area contributed by atoms with E-state index in [4.69, 9.17) is 0 Å². The maximum Gasteiger partial charge on any atom is 0.315 e. The SMILES string of the molecule is C[C@@H]1NC(=O)N[C@@H]1CCCCCC(=O)Nc1cccc2ccccc12. The van der Waals surface area contributed by atoms with Crippen molar-refractivity contribution in [3.63, 3.8) is 0 Å². The molecule has 1 aliphatic heterocycles. The third-order valence-corrected chi connectivity index (χ3v) is 4.76. The second-order valence-electron chi connectivity index (χ2n) is 6.69. The second kappa shape index (κ2) is 8.01. The summed E-state index contributed by atoms with van der Waals surface area (Å²) in [6.07, 6.45) is 4.33. The van der Waals surface area contributed by atoms with E-state index in [1.54, 1.807) is 0 Å². The van der Waals surface area contributed by atoms with Gasteiger partial charge in [-0.05, 0) is 31.2 Å². The van der Waals surface area contributed by atoms with Gasteiger partial charge >= 0.3 is 6.03 Å². The van der Waals surface area contributed by atoms with Crippen molar-refractivity contribution in [3.8, 4) is 0 Å². The Hall–Kier alpha value is -2.56. The van der Waals surface area contributed by atoms with Crippen LogP contribution in [0.3, 0.4) is 0 Å². The van der Waals surface area contributed by atoms with Gasteiger partial charge in [-0.1, -0.05) is 49.2 Å². The van der Waals surface area contributed by atoms with Gasteiger partial charge in [0.1, 0.15) is 0 Å². The first-order valence-electron chi connectivity index (χ1n) is 8.98. The lowest BCUT2D eigenvalue weighted by atomic mass is 10.0. The van der Waals surface area contributed by atoms with E-state index >= 15 is 0 Å². The van der Waals surface area contributed by atoms with E-state index in [0.717, 1.165) is 42.1 Å². The van der Waals surface area contributed by atoms with Crippen molar-refractivity contribution in [2.75, 3.05) is 5.32 Å². The zero-order valence-corrected chi connectivity index (χ0v) is 14.5. The summed E-state index contributed by atoms with van der Waals surface area (Å²) in [5.74, 6) is 0.0561. The fourth-order valence-corrected chi connectivity index (χ4v) is 3.34. The Bertz CT molecular complexity index is 754. The van der Waals surface area contributed by atoms with Crippen LogP contribution in [0.2, 0.25) is 0 Å². The normalized spacial score (nSPS) is 19.5. The maximum atomic E-state index is 12.2. The number of hydrogen-bond acceptors (Lipinski definition) is 2. The molecule has 25 heavy (non-hydrogen) atoms. The molecule has 3 rings (SSSR count). The number of rotatable bonds is 7. The first-order chi connectivity index (χ1) is 12.1. The number of nitrogens with one attached hydrogen (secondary N) is 3. The number of benzene rings is 2. The van der Waals surface area contributed by atoms with Gasteiger partial charge in [-0.15, -0.1) is 0 Å². The van der Waals surface area contributed by atoms with Gasteiger partial charge in [-0.3, -0.25) is 4.79 Å². The molecule has 2 atom stereocenters. The molecule has 5 heteroatoms. The molecule has 2 aromatic carbocycles. The molecule has 1 saturated heterocycles. The van der Waals surface area contributed by atoms with Crippen molar-refractivity contribution < 1.29 is 9.59 Å². The van der Waals surface area contributed by atoms with E-state index < -0.39 is 0 Å². The Labute approximate surface area is 148 Å². The summed E-state index contributed by atoms with van der Waals surface area (Å²) in [6.45, 7) is 2.01. The summed E-state index contributed by atoms with van der Waals surface area (Å²) in [5, 5.41) is 11.0. The van der Waals surface area contributed by atoms with Crippen LogP contribution in [0.5, 0.6) is 0 Å². The van der Waals surface area contributed by atoms with Crippen molar-refractivity contribution in [2.24, 2.45) is 0 Å². The first kappa shape index (κ1) is 17.3. The molecule has 0 radical (unpaired) electrons. The molecule has 2 aromatic rings. The zero-order chi connectivity index (χ0) is 17.6. The number of anilines is 1. The Morgan fingerprint density at radius 2 is 1.84 bits per heavy atom.